The molecule has 1 heterocycles. The molecule has 0 N–H and O–H groups in total. The number of hydrogen-bond donors (Lipinski definition) is 0. The third-order valence-corrected chi connectivity index (χ3v) is 4.63. The third-order valence-electron chi connectivity index (χ3n) is 4.63. The van der Waals surface area contributed by atoms with Gasteiger partial charge in [0, 0.05) is 32.1 Å². The Labute approximate surface area is 162 Å². The minimum Gasteiger partial charge on any atom is -0.497 e. The molecule has 1 fully saturated rings. The van der Waals surface area contributed by atoms with Crippen LogP contribution in [-0.4, -0.2) is 50.6 Å². The number of ether oxygens (including phenoxy) is 2. The summed E-state index contributed by atoms with van der Waals surface area (Å²) < 4.78 is 10.7. The van der Waals surface area contributed by atoms with E-state index in [4.69, 9.17) is 9.47 Å². The SMILES string of the molecule is COc1ccc(OC)c(N2C[C@H](C(=O)N(CC(C)C)CC(C)C)CC2=O)c1. The van der Waals surface area contributed by atoms with Gasteiger partial charge in [0.15, 0.2) is 0 Å². The van der Waals surface area contributed by atoms with Gasteiger partial charge in [0.1, 0.15) is 11.5 Å². The van der Waals surface area contributed by atoms with Crippen LogP contribution in [0.15, 0.2) is 18.2 Å². The van der Waals surface area contributed by atoms with E-state index in [1.807, 2.05) is 4.90 Å². The standard InChI is InChI=1S/C21H32N2O4/c1-14(2)11-22(12-15(3)4)21(25)16-9-20(24)23(13-16)18-10-17(26-5)7-8-19(18)27-6/h7-8,10,14-16H,9,11-13H2,1-6H3/t16-/m1/s1. The van der Waals surface area contributed by atoms with Crippen molar-refractivity contribution in [2.75, 3.05) is 38.8 Å². The van der Waals surface area contributed by atoms with Crippen molar-refractivity contribution in [3.63, 3.8) is 0 Å². The third kappa shape index (κ3) is 5.15. The Morgan fingerprint density at radius 3 is 2.30 bits per heavy atom. The largest absolute Gasteiger partial charge is 0.497 e. The molecular weight excluding hydrogens is 344 g/mol. The highest BCUT2D eigenvalue weighted by atomic mass is 16.5. The molecular formula is C21H32N2O4. The number of nitrogens with zero attached hydrogens (tertiary/aromatic N) is 2. The summed E-state index contributed by atoms with van der Waals surface area (Å²) in [7, 11) is 3.15. The van der Waals surface area contributed by atoms with E-state index in [0.717, 1.165) is 0 Å². The summed E-state index contributed by atoms with van der Waals surface area (Å²) in [5.41, 5.74) is 0.649. The predicted octanol–water partition coefficient (Wildman–Crippen LogP) is 3.20. The highest BCUT2D eigenvalue weighted by Gasteiger charge is 2.38. The normalized spacial score (nSPS) is 17.0. The summed E-state index contributed by atoms with van der Waals surface area (Å²) in [6.07, 6.45) is 0.228. The number of carbonyl (C=O) groups excluding carboxylic acids is 2. The van der Waals surface area contributed by atoms with Gasteiger partial charge in [-0.2, -0.15) is 0 Å². The molecule has 150 valence electrons. The van der Waals surface area contributed by atoms with Crippen LogP contribution in [0.4, 0.5) is 5.69 Å². The van der Waals surface area contributed by atoms with Crippen LogP contribution < -0.4 is 14.4 Å². The van der Waals surface area contributed by atoms with Gasteiger partial charge in [-0.05, 0) is 24.0 Å². The van der Waals surface area contributed by atoms with E-state index in [1.54, 1.807) is 37.3 Å². The second-order valence-corrected chi connectivity index (χ2v) is 7.97. The molecule has 6 heteroatoms. The Kier molecular flexibility index (Phi) is 7.11. The summed E-state index contributed by atoms with van der Waals surface area (Å²) in [6, 6.07) is 5.35. The lowest BCUT2D eigenvalue weighted by Crippen LogP contribution is -2.41. The van der Waals surface area contributed by atoms with E-state index in [1.165, 1.54) is 0 Å². The smallest absolute Gasteiger partial charge is 0.228 e. The summed E-state index contributed by atoms with van der Waals surface area (Å²) >= 11 is 0. The first-order valence-electron chi connectivity index (χ1n) is 9.58. The zero-order valence-corrected chi connectivity index (χ0v) is 17.3. The van der Waals surface area contributed by atoms with Crippen molar-refractivity contribution in [1.29, 1.82) is 0 Å². The minimum absolute atomic E-state index is 0.0612. The van der Waals surface area contributed by atoms with Gasteiger partial charge in [-0.25, -0.2) is 0 Å². The highest BCUT2D eigenvalue weighted by molar-refractivity contribution is 6.01. The van der Waals surface area contributed by atoms with Gasteiger partial charge < -0.3 is 19.3 Å². The lowest BCUT2D eigenvalue weighted by molar-refractivity contribution is -0.136. The van der Waals surface area contributed by atoms with Crippen LogP contribution in [-0.2, 0) is 9.59 Å². The maximum atomic E-state index is 13.1. The molecule has 1 aromatic carbocycles. The Balaban J connectivity index is 2.22. The number of rotatable bonds is 8. The van der Waals surface area contributed by atoms with Crippen LogP contribution in [0, 0.1) is 17.8 Å². The Morgan fingerprint density at radius 2 is 1.78 bits per heavy atom. The lowest BCUT2D eigenvalue weighted by atomic mass is 10.0. The maximum absolute atomic E-state index is 13.1. The van der Waals surface area contributed by atoms with E-state index in [9.17, 15) is 9.59 Å². The van der Waals surface area contributed by atoms with Crippen LogP contribution in [0.25, 0.3) is 0 Å². The van der Waals surface area contributed by atoms with E-state index in [0.29, 0.717) is 48.7 Å². The summed E-state index contributed by atoms with van der Waals surface area (Å²) in [5.74, 6) is 1.70. The summed E-state index contributed by atoms with van der Waals surface area (Å²) in [6.45, 7) is 10.2. The average molecular weight is 376 g/mol. The zero-order valence-electron chi connectivity index (χ0n) is 17.3. The lowest BCUT2D eigenvalue weighted by Gasteiger charge is -2.29. The van der Waals surface area contributed by atoms with Gasteiger partial charge in [-0.3, -0.25) is 9.59 Å². The molecule has 0 aliphatic carbocycles. The predicted molar refractivity (Wildman–Crippen MR) is 106 cm³/mol. The minimum atomic E-state index is -0.328. The number of hydrogen-bond acceptors (Lipinski definition) is 4. The molecule has 0 radical (unpaired) electrons. The van der Waals surface area contributed by atoms with Crippen molar-refractivity contribution < 1.29 is 19.1 Å². The summed E-state index contributed by atoms with van der Waals surface area (Å²) in [5, 5.41) is 0. The highest BCUT2D eigenvalue weighted by Crippen LogP contribution is 2.36. The van der Waals surface area contributed by atoms with Crippen molar-refractivity contribution in [2.45, 2.75) is 34.1 Å². The molecule has 2 rings (SSSR count). The molecule has 0 bridgehead atoms. The molecule has 1 aromatic rings. The molecule has 2 amide bonds. The van der Waals surface area contributed by atoms with Crippen molar-refractivity contribution in [1.82, 2.24) is 4.90 Å². The molecule has 1 aliphatic heterocycles. The fraction of sp³-hybridized carbons (Fsp3) is 0.619. The monoisotopic (exact) mass is 376 g/mol. The van der Waals surface area contributed by atoms with Crippen molar-refractivity contribution in [3.8, 4) is 11.5 Å². The molecule has 0 spiro atoms. The second-order valence-electron chi connectivity index (χ2n) is 7.97. The van der Waals surface area contributed by atoms with E-state index in [2.05, 4.69) is 27.7 Å². The van der Waals surface area contributed by atoms with Crippen molar-refractivity contribution in [3.05, 3.63) is 18.2 Å². The fourth-order valence-corrected chi connectivity index (χ4v) is 3.51. The van der Waals surface area contributed by atoms with Crippen LogP contribution in [0.3, 0.4) is 0 Å². The van der Waals surface area contributed by atoms with Crippen LogP contribution in [0.2, 0.25) is 0 Å². The number of benzene rings is 1. The van der Waals surface area contributed by atoms with Crippen molar-refractivity contribution >= 4 is 17.5 Å². The Hall–Kier alpha value is -2.24. The maximum Gasteiger partial charge on any atom is 0.228 e. The van der Waals surface area contributed by atoms with Gasteiger partial charge >= 0.3 is 0 Å². The first-order valence-corrected chi connectivity index (χ1v) is 9.58. The fourth-order valence-electron chi connectivity index (χ4n) is 3.51. The zero-order chi connectivity index (χ0) is 20.1. The molecule has 27 heavy (non-hydrogen) atoms. The van der Waals surface area contributed by atoms with Gasteiger partial charge in [-0.15, -0.1) is 0 Å². The molecule has 6 nitrogen and oxygen atoms in total. The Morgan fingerprint density at radius 1 is 1.15 bits per heavy atom. The molecule has 1 atom stereocenters. The molecule has 0 unspecified atom stereocenters. The number of carbonyl (C=O) groups is 2. The second kappa shape index (κ2) is 9.11. The summed E-state index contributed by atoms with van der Waals surface area (Å²) in [4.78, 5) is 29.4. The van der Waals surface area contributed by atoms with Crippen LogP contribution in [0.1, 0.15) is 34.1 Å². The van der Waals surface area contributed by atoms with Gasteiger partial charge in [-0.1, -0.05) is 27.7 Å². The molecule has 0 aromatic heterocycles. The van der Waals surface area contributed by atoms with Gasteiger partial charge in [0.2, 0.25) is 11.8 Å². The van der Waals surface area contributed by atoms with E-state index >= 15 is 0 Å². The first-order chi connectivity index (χ1) is 12.8. The molecule has 1 aliphatic rings. The van der Waals surface area contributed by atoms with E-state index in [-0.39, 0.29) is 24.2 Å². The van der Waals surface area contributed by atoms with Gasteiger partial charge in [0.25, 0.3) is 0 Å². The Bertz CT molecular complexity index is 662. The number of anilines is 1. The van der Waals surface area contributed by atoms with E-state index < -0.39 is 0 Å². The average Bonchev–Trinajstić information content (AvgIpc) is 3.00. The van der Waals surface area contributed by atoms with Crippen molar-refractivity contribution in [2.24, 2.45) is 17.8 Å². The first kappa shape index (κ1) is 21.1. The van der Waals surface area contributed by atoms with Crippen LogP contribution >= 0.6 is 0 Å². The number of methoxy groups -OCH3 is 2. The number of amides is 2. The molecule has 0 saturated carbocycles. The topological polar surface area (TPSA) is 59.1 Å². The van der Waals surface area contributed by atoms with Gasteiger partial charge in [0.05, 0.1) is 25.8 Å². The van der Waals surface area contributed by atoms with Crippen LogP contribution in [0.5, 0.6) is 11.5 Å². The molecule has 1 saturated heterocycles. The quantitative estimate of drug-likeness (QED) is 0.699.